The van der Waals surface area contributed by atoms with Gasteiger partial charge in [-0.25, -0.2) is 0 Å². The molecule has 0 radical (unpaired) electrons. The second-order valence-corrected chi connectivity index (χ2v) is 2.01. The van der Waals surface area contributed by atoms with Crippen molar-refractivity contribution in [1.82, 2.24) is 0 Å². The van der Waals surface area contributed by atoms with Crippen LogP contribution in [0, 0.1) is 0 Å². The highest BCUT2D eigenvalue weighted by molar-refractivity contribution is 5.72. The average molecular weight is 188 g/mol. The van der Waals surface area contributed by atoms with Crippen molar-refractivity contribution < 1.29 is 19.1 Å². The molecule has 4 heteroatoms. The third kappa shape index (κ3) is 10.7. The van der Waals surface area contributed by atoms with Crippen molar-refractivity contribution >= 4 is 11.9 Å². The Morgan fingerprint density at radius 1 is 1.00 bits per heavy atom. The first-order valence-electron chi connectivity index (χ1n) is 3.84. The molecule has 0 fully saturated rings. The van der Waals surface area contributed by atoms with Crippen molar-refractivity contribution in [1.29, 1.82) is 0 Å². The zero-order valence-electron chi connectivity index (χ0n) is 8.17. The number of hydrogen-bond acceptors (Lipinski definition) is 4. The van der Waals surface area contributed by atoms with Crippen molar-refractivity contribution in [2.75, 3.05) is 14.2 Å². The molecular weight excluding hydrogens is 172 g/mol. The second kappa shape index (κ2) is 10.7. The van der Waals surface area contributed by atoms with Gasteiger partial charge in [0.2, 0.25) is 0 Å². The van der Waals surface area contributed by atoms with Gasteiger partial charge in [0.15, 0.2) is 0 Å². The van der Waals surface area contributed by atoms with E-state index in [1.807, 2.05) is 0 Å². The summed E-state index contributed by atoms with van der Waals surface area (Å²) in [5.41, 5.74) is 0. The minimum Gasteiger partial charge on any atom is -0.469 e. The molecule has 0 aromatic rings. The van der Waals surface area contributed by atoms with E-state index < -0.39 is 0 Å². The molecule has 0 aliphatic rings. The molecule has 13 heavy (non-hydrogen) atoms. The van der Waals surface area contributed by atoms with Crippen molar-refractivity contribution in [2.45, 2.75) is 19.3 Å². The van der Waals surface area contributed by atoms with Crippen LogP contribution < -0.4 is 0 Å². The van der Waals surface area contributed by atoms with E-state index in [1.54, 1.807) is 0 Å². The van der Waals surface area contributed by atoms with Gasteiger partial charge in [-0.2, -0.15) is 0 Å². The highest BCUT2D eigenvalue weighted by Crippen LogP contribution is 1.97. The second-order valence-electron chi connectivity index (χ2n) is 2.01. The molecule has 0 atom stereocenters. The van der Waals surface area contributed by atoms with E-state index in [4.69, 9.17) is 0 Å². The highest BCUT2D eigenvalue weighted by Gasteiger charge is 2.03. The Morgan fingerprint density at radius 2 is 1.31 bits per heavy atom. The quantitative estimate of drug-likeness (QED) is 0.493. The smallest absolute Gasteiger partial charge is 0.305 e. The Hall–Kier alpha value is -1.32. The van der Waals surface area contributed by atoms with Crippen molar-refractivity contribution in [3.63, 3.8) is 0 Å². The van der Waals surface area contributed by atoms with Gasteiger partial charge in [0.25, 0.3) is 0 Å². The Labute approximate surface area is 78.5 Å². The molecule has 0 aromatic carbocycles. The molecule has 0 bridgehead atoms. The predicted molar refractivity (Wildman–Crippen MR) is 49.1 cm³/mol. The van der Waals surface area contributed by atoms with E-state index in [-0.39, 0.29) is 24.8 Å². The topological polar surface area (TPSA) is 52.6 Å². The van der Waals surface area contributed by atoms with Crippen LogP contribution in [-0.4, -0.2) is 26.2 Å². The van der Waals surface area contributed by atoms with E-state index >= 15 is 0 Å². The van der Waals surface area contributed by atoms with Gasteiger partial charge in [-0.3, -0.25) is 9.59 Å². The third-order valence-corrected chi connectivity index (χ3v) is 1.22. The number of hydrogen-bond donors (Lipinski definition) is 0. The maximum Gasteiger partial charge on any atom is 0.305 e. The number of carbonyl (C=O) groups is 2. The van der Waals surface area contributed by atoms with E-state index in [0.717, 1.165) is 0 Å². The van der Waals surface area contributed by atoms with Crippen molar-refractivity contribution in [3.8, 4) is 0 Å². The number of ether oxygens (including phenoxy) is 2. The van der Waals surface area contributed by atoms with Crippen LogP contribution in [0.1, 0.15) is 19.3 Å². The number of rotatable bonds is 4. The van der Waals surface area contributed by atoms with Crippen LogP contribution in [-0.2, 0) is 19.1 Å². The average Bonchev–Trinajstić information content (AvgIpc) is 2.20. The summed E-state index contributed by atoms with van der Waals surface area (Å²) < 4.78 is 8.75. The first-order chi connectivity index (χ1) is 6.20. The summed E-state index contributed by atoms with van der Waals surface area (Å²) in [4.78, 5) is 21.0. The van der Waals surface area contributed by atoms with E-state index in [1.165, 1.54) is 14.2 Å². The first kappa shape index (κ1) is 14.2. The van der Waals surface area contributed by atoms with Gasteiger partial charge in [0.05, 0.1) is 14.2 Å². The van der Waals surface area contributed by atoms with Crippen LogP contribution in [0.2, 0.25) is 0 Å². The monoisotopic (exact) mass is 188 g/mol. The third-order valence-electron chi connectivity index (χ3n) is 1.22. The fourth-order valence-electron chi connectivity index (χ4n) is 0.581. The van der Waals surface area contributed by atoms with Crippen molar-refractivity contribution in [2.24, 2.45) is 0 Å². The molecule has 76 valence electrons. The molecule has 0 rings (SSSR count). The summed E-state index contributed by atoms with van der Waals surface area (Å²) >= 11 is 0. The zero-order valence-corrected chi connectivity index (χ0v) is 8.17. The maximum atomic E-state index is 10.5. The first-order valence-corrected chi connectivity index (χ1v) is 3.84. The molecular formula is C9H16O4. The van der Waals surface area contributed by atoms with Gasteiger partial charge in [-0.05, 0) is 6.42 Å². The Balaban J connectivity index is 0. The molecule has 0 unspecified atom stereocenters. The van der Waals surface area contributed by atoms with Crippen LogP contribution in [0.25, 0.3) is 0 Å². The van der Waals surface area contributed by atoms with E-state index in [2.05, 4.69) is 22.6 Å². The zero-order chi connectivity index (χ0) is 10.7. The Kier molecular flexibility index (Phi) is 11.7. The molecule has 0 aliphatic carbocycles. The molecule has 0 amide bonds. The Morgan fingerprint density at radius 3 is 1.54 bits per heavy atom. The van der Waals surface area contributed by atoms with Gasteiger partial charge in [0, 0.05) is 12.8 Å². The molecule has 0 aromatic heterocycles. The SMILES string of the molecule is C=C.COC(=O)CCCC(=O)OC. The lowest BCUT2D eigenvalue weighted by Gasteiger charge is -1.97. The summed E-state index contributed by atoms with van der Waals surface area (Å²) in [6, 6.07) is 0. The normalized spacial score (nSPS) is 7.85. The molecule has 0 heterocycles. The largest absolute Gasteiger partial charge is 0.469 e. The van der Waals surface area contributed by atoms with Crippen molar-refractivity contribution in [3.05, 3.63) is 13.2 Å². The molecule has 0 N–H and O–H groups in total. The standard InChI is InChI=1S/C7H12O4.C2H4/c1-10-6(8)4-3-5-7(9)11-2;1-2/h3-5H2,1-2H3;1-2H2. The van der Waals surface area contributed by atoms with Gasteiger partial charge in [0.1, 0.15) is 0 Å². The summed E-state index contributed by atoms with van der Waals surface area (Å²) in [6.45, 7) is 6.00. The minimum absolute atomic E-state index is 0.269. The van der Waals surface area contributed by atoms with Gasteiger partial charge in [-0.1, -0.05) is 0 Å². The number of methoxy groups -OCH3 is 2. The van der Waals surface area contributed by atoms with Crippen LogP contribution >= 0.6 is 0 Å². The van der Waals surface area contributed by atoms with Crippen LogP contribution in [0.4, 0.5) is 0 Å². The molecule has 4 nitrogen and oxygen atoms in total. The van der Waals surface area contributed by atoms with Crippen LogP contribution in [0.5, 0.6) is 0 Å². The summed E-state index contributed by atoms with van der Waals surface area (Å²) in [5.74, 6) is -0.595. The van der Waals surface area contributed by atoms with Crippen LogP contribution in [0.3, 0.4) is 0 Å². The van der Waals surface area contributed by atoms with E-state index in [0.29, 0.717) is 6.42 Å². The summed E-state index contributed by atoms with van der Waals surface area (Å²) in [7, 11) is 2.64. The number of carbonyl (C=O) groups excluding carboxylic acids is 2. The lowest BCUT2D eigenvalue weighted by atomic mass is 10.2. The fraction of sp³-hybridized carbons (Fsp3) is 0.556. The fourth-order valence-corrected chi connectivity index (χ4v) is 0.581. The number of esters is 2. The minimum atomic E-state index is -0.297. The lowest BCUT2D eigenvalue weighted by molar-refractivity contribution is -0.142. The highest BCUT2D eigenvalue weighted by atomic mass is 16.5. The van der Waals surface area contributed by atoms with E-state index in [9.17, 15) is 9.59 Å². The van der Waals surface area contributed by atoms with Gasteiger partial charge in [-0.15, -0.1) is 13.2 Å². The summed E-state index contributed by atoms with van der Waals surface area (Å²) in [5, 5.41) is 0. The molecule has 0 aliphatic heterocycles. The predicted octanol–water partition coefficient (Wildman–Crippen LogP) is 1.30. The maximum absolute atomic E-state index is 10.5. The lowest BCUT2D eigenvalue weighted by Crippen LogP contribution is -2.04. The summed E-state index contributed by atoms with van der Waals surface area (Å²) in [6.07, 6.45) is 1.02. The molecule has 0 spiro atoms. The Bertz CT molecular complexity index is 138. The van der Waals surface area contributed by atoms with Gasteiger partial charge >= 0.3 is 11.9 Å². The molecule has 0 saturated heterocycles. The molecule has 0 saturated carbocycles. The van der Waals surface area contributed by atoms with Crippen LogP contribution in [0.15, 0.2) is 13.2 Å². The van der Waals surface area contributed by atoms with Gasteiger partial charge < -0.3 is 9.47 Å².